The Morgan fingerprint density at radius 2 is 2.04 bits per heavy atom. The van der Waals surface area contributed by atoms with Gasteiger partial charge in [-0.1, -0.05) is 6.07 Å². The van der Waals surface area contributed by atoms with Crippen molar-refractivity contribution in [3.63, 3.8) is 0 Å². The van der Waals surface area contributed by atoms with E-state index >= 15 is 0 Å². The van der Waals surface area contributed by atoms with Crippen LogP contribution in [0.3, 0.4) is 0 Å². The van der Waals surface area contributed by atoms with Gasteiger partial charge < -0.3 is 4.74 Å². The summed E-state index contributed by atoms with van der Waals surface area (Å²) in [7, 11) is -2.51. The predicted octanol–water partition coefficient (Wildman–Crippen LogP) is 1.87. The van der Waals surface area contributed by atoms with Crippen LogP contribution in [0.5, 0.6) is 5.75 Å². The molecular weight excluding hydrogens is 356 g/mol. The summed E-state index contributed by atoms with van der Waals surface area (Å²) in [5, 5.41) is 11.5. The molecule has 0 aliphatic carbocycles. The highest BCUT2D eigenvalue weighted by molar-refractivity contribution is 7.92. The van der Waals surface area contributed by atoms with Crippen LogP contribution in [0.2, 0.25) is 0 Å². The fraction of sp³-hybridized carbons (Fsp3) is 0.250. The van der Waals surface area contributed by atoms with Crippen LogP contribution in [-0.4, -0.2) is 40.7 Å². The van der Waals surface area contributed by atoms with Gasteiger partial charge in [-0.3, -0.25) is 4.72 Å². The predicted molar refractivity (Wildman–Crippen MR) is 95.3 cm³/mol. The summed E-state index contributed by atoms with van der Waals surface area (Å²) in [6.45, 7) is 4.23. The van der Waals surface area contributed by atoms with Crippen LogP contribution in [0.4, 0.5) is 5.82 Å². The highest BCUT2D eigenvalue weighted by atomic mass is 32.2. The van der Waals surface area contributed by atoms with Gasteiger partial charge in [-0.25, -0.2) is 18.1 Å². The minimum absolute atomic E-state index is 0.0218. The maximum Gasteiger partial charge on any atom is 0.266 e. The summed E-state index contributed by atoms with van der Waals surface area (Å²) in [5.41, 5.74) is 1.27. The van der Waals surface area contributed by atoms with E-state index in [-0.39, 0.29) is 16.5 Å². The third kappa shape index (κ3) is 3.49. The average molecular weight is 374 g/mol. The Bertz CT molecular complexity index is 1030. The van der Waals surface area contributed by atoms with E-state index in [9.17, 15) is 8.42 Å². The van der Waals surface area contributed by atoms with E-state index in [1.807, 2.05) is 6.92 Å². The Labute approximate surface area is 151 Å². The first-order valence-corrected chi connectivity index (χ1v) is 9.34. The van der Waals surface area contributed by atoms with Gasteiger partial charge in [-0.2, -0.15) is 0 Å². The molecule has 0 saturated carbocycles. The number of aryl methyl sites for hydroxylation is 2. The van der Waals surface area contributed by atoms with Gasteiger partial charge >= 0.3 is 0 Å². The molecule has 2 aromatic heterocycles. The van der Waals surface area contributed by atoms with E-state index in [1.54, 1.807) is 41.9 Å². The Morgan fingerprint density at radius 3 is 2.73 bits per heavy atom. The number of ether oxygens (including phenoxy) is 1. The molecule has 0 spiro atoms. The molecule has 10 heteroatoms. The Kier molecular flexibility index (Phi) is 4.85. The van der Waals surface area contributed by atoms with E-state index in [2.05, 4.69) is 25.2 Å². The molecule has 0 amide bonds. The second-order valence-corrected chi connectivity index (χ2v) is 7.10. The monoisotopic (exact) mass is 374 g/mol. The number of aromatic nitrogens is 5. The number of tetrazole rings is 1. The molecule has 0 unspecified atom stereocenters. The summed E-state index contributed by atoms with van der Waals surface area (Å²) in [5.74, 6) is 0.917. The number of hydrogen-bond acceptors (Lipinski definition) is 7. The van der Waals surface area contributed by atoms with Crippen molar-refractivity contribution >= 4 is 15.8 Å². The quantitative estimate of drug-likeness (QED) is 0.701. The molecule has 0 bridgehead atoms. The van der Waals surface area contributed by atoms with Crippen molar-refractivity contribution in [2.45, 2.75) is 25.3 Å². The van der Waals surface area contributed by atoms with Crippen molar-refractivity contribution in [1.82, 2.24) is 25.2 Å². The summed E-state index contributed by atoms with van der Waals surface area (Å²) in [6, 6.07) is 9.85. The number of pyridine rings is 1. The van der Waals surface area contributed by atoms with E-state index < -0.39 is 10.0 Å². The molecule has 136 valence electrons. The number of nitrogens with zero attached hydrogens (tertiary/aromatic N) is 5. The van der Waals surface area contributed by atoms with Gasteiger partial charge in [0, 0.05) is 17.8 Å². The first kappa shape index (κ1) is 17.8. The maximum absolute atomic E-state index is 12.9. The summed E-state index contributed by atoms with van der Waals surface area (Å²) in [6.07, 6.45) is 0. The van der Waals surface area contributed by atoms with Crippen molar-refractivity contribution in [3.05, 3.63) is 42.1 Å². The number of sulfonamides is 1. The molecular formula is C16H18N6O3S. The Morgan fingerprint density at radius 1 is 1.23 bits per heavy atom. The molecule has 3 rings (SSSR count). The molecule has 0 aliphatic rings. The smallest absolute Gasteiger partial charge is 0.266 e. The zero-order valence-corrected chi connectivity index (χ0v) is 15.4. The lowest BCUT2D eigenvalue weighted by Gasteiger charge is -2.13. The zero-order valence-electron chi connectivity index (χ0n) is 14.5. The van der Waals surface area contributed by atoms with Crippen LogP contribution in [0, 0.1) is 6.92 Å². The number of rotatable bonds is 6. The third-order valence-electron chi connectivity index (χ3n) is 3.67. The highest BCUT2D eigenvalue weighted by Crippen LogP contribution is 2.30. The van der Waals surface area contributed by atoms with Crippen LogP contribution < -0.4 is 9.46 Å². The fourth-order valence-corrected chi connectivity index (χ4v) is 3.64. The molecule has 0 aliphatic heterocycles. The number of benzene rings is 1. The van der Waals surface area contributed by atoms with Crippen molar-refractivity contribution in [1.29, 1.82) is 0 Å². The molecule has 1 N–H and O–H groups in total. The summed E-state index contributed by atoms with van der Waals surface area (Å²) < 4.78 is 35.0. The molecule has 9 nitrogen and oxygen atoms in total. The van der Waals surface area contributed by atoms with Crippen molar-refractivity contribution in [3.8, 4) is 17.1 Å². The lowest BCUT2D eigenvalue weighted by atomic mass is 10.2. The van der Waals surface area contributed by atoms with Gasteiger partial charge in [0.15, 0.2) is 5.82 Å². The molecule has 0 saturated heterocycles. The van der Waals surface area contributed by atoms with E-state index in [0.29, 0.717) is 23.6 Å². The van der Waals surface area contributed by atoms with Gasteiger partial charge in [0.2, 0.25) is 0 Å². The van der Waals surface area contributed by atoms with Gasteiger partial charge in [0.25, 0.3) is 10.0 Å². The van der Waals surface area contributed by atoms with Gasteiger partial charge in [-0.05, 0) is 54.6 Å². The van der Waals surface area contributed by atoms with Gasteiger partial charge in [0.05, 0.1) is 7.11 Å². The first-order valence-electron chi connectivity index (χ1n) is 7.85. The molecule has 2 heterocycles. The normalized spacial score (nSPS) is 11.3. The van der Waals surface area contributed by atoms with Crippen LogP contribution in [0.1, 0.15) is 12.6 Å². The second-order valence-electron chi connectivity index (χ2n) is 5.45. The number of anilines is 1. The molecule has 0 atom stereocenters. The lowest BCUT2D eigenvalue weighted by molar-refractivity contribution is 0.403. The van der Waals surface area contributed by atoms with Crippen LogP contribution in [0.15, 0.2) is 41.3 Å². The van der Waals surface area contributed by atoms with E-state index in [1.165, 1.54) is 13.2 Å². The van der Waals surface area contributed by atoms with Gasteiger partial charge in [-0.15, -0.1) is 5.10 Å². The Balaban J connectivity index is 2.06. The molecule has 1 aromatic carbocycles. The average Bonchev–Trinajstić information content (AvgIpc) is 3.09. The lowest BCUT2D eigenvalue weighted by Crippen LogP contribution is -2.15. The maximum atomic E-state index is 12.9. The van der Waals surface area contributed by atoms with Crippen molar-refractivity contribution in [2.75, 3.05) is 11.8 Å². The van der Waals surface area contributed by atoms with E-state index in [4.69, 9.17) is 4.74 Å². The highest BCUT2D eigenvalue weighted by Gasteiger charge is 2.22. The van der Waals surface area contributed by atoms with Gasteiger partial charge in [0.1, 0.15) is 16.5 Å². The molecule has 0 fully saturated rings. The Hall–Kier alpha value is -3.01. The summed E-state index contributed by atoms with van der Waals surface area (Å²) >= 11 is 0. The zero-order chi connectivity index (χ0) is 18.7. The molecule has 0 radical (unpaired) electrons. The van der Waals surface area contributed by atoms with Crippen molar-refractivity contribution in [2.24, 2.45) is 0 Å². The van der Waals surface area contributed by atoms with Crippen LogP contribution in [-0.2, 0) is 16.6 Å². The minimum Gasteiger partial charge on any atom is -0.495 e. The van der Waals surface area contributed by atoms with E-state index in [0.717, 1.165) is 0 Å². The second kappa shape index (κ2) is 7.08. The molecule has 3 aromatic rings. The van der Waals surface area contributed by atoms with Crippen LogP contribution >= 0.6 is 0 Å². The minimum atomic E-state index is -3.92. The molecule has 26 heavy (non-hydrogen) atoms. The largest absolute Gasteiger partial charge is 0.495 e. The SMILES string of the molecule is CCn1nnnc1-c1ccc(OC)c(S(=O)(=O)Nc2cccc(C)n2)c1. The topological polar surface area (TPSA) is 112 Å². The van der Waals surface area contributed by atoms with Crippen LogP contribution in [0.25, 0.3) is 11.4 Å². The fourth-order valence-electron chi connectivity index (χ4n) is 2.44. The first-order chi connectivity index (χ1) is 12.4. The van der Waals surface area contributed by atoms with Crippen molar-refractivity contribution < 1.29 is 13.2 Å². The number of methoxy groups -OCH3 is 1. The third-order valence-corrected chi connectivity index (χ3v) is 5.05. The number of hydrogen-bond donors (Lipinski definition) is 1. The standard InChI is InChI=1S/C16H18N6O3S/c1-4-22-16(18-20-21-22)12-8-9-13(25-3)14(10-12)26(23,24)19-15-7-5-6-11(2)17-15/h5-10H,4H2,1-3H3,(H,17,19). The summed E-state index contributed by atoms with van der Waals surface area (Å²) in [4.78, 5) is 4.15. The number of nitrogens with one attached hydrogen (secondary N) is 1.